The van der Waals surface area contributed by atoms with Gasteiger partial charge in [0, 0.05) is 17.3 Å². The molecule has 0 radical (unpaired) electrons. The molecule has 1 N–H and O–H groups in total. The minimum atomic E-state index is 0.178. The number of nitrogens with one attached hydrogen (secondary N) is 1. The Kier molecular flexibility index (Phi) is 3.59. The lowest BCUT2D eigenvalue weighted by molar-refractivity contribution is 0.394. The number of rotatable bonds is 3. The van der Waals surface area contributed by atoms with Crippen molar-refractivity contribution in [2.75, 3.05) is 5.75 Å². The van der Waals surface area contributed by atoms with Gasteiger partial charge in [-0.2, -0.15) is 12.6 Å². The van der Waals surface area contributed by atoms with Gasteiger partial charge in [-0.1, -0.05) is 13.8 Å². The zero-order valence-corrected chi connectivity index (χ0v) is 7.63. The molecule has 0 aliphatic rings. The second-order valence-corrected chi connectivity index (χ2v) is 3.66. The zero-order chi connectivity index (χ0) is 7.49. The Morgan fingerprint density at radius 2 is 1.89 bits per heavy atom. The molecule has 0 atom stereocenters. The van der Waals surface area contributed by atoms with E-state index in [0.717, 1.165) is 5.75 Å². The smallest absolute Gasteiger partial charge is 0.0215 e. The van der Waals surface area contributed by atoms with Gasteiger partial charge in [-0.05, 0) is 13.8 Å². The lowest BCUT2D eigenvalue weighted by Crippen LogP contribution is -2.44. The molecule has 1 nitrogen and oxygen atoms in total. The summed E-state index contributed by atoms with van der Waals surface area (Å²) in [4.78, 5) is 0. The summed E-state index contributed by atoms with van der Waals surface area (Å²) in [5.41, 5.74) is 0.178. The number of hydrogen-bond acceptors (Lipinski definition) is 2. The Hall–Kier alpha value is 0.310. The van der Waals surface area contributed by atoms with E-state index in [1.54, 1.807) is 0 Å². The third-order valence-electron chi connectivity index (χ3n) is 1.07. The Labute approximate surface area is 63.6 Å². The first-order valence-electron chi connectivity index (χ1n) is 3.36. The van der Waals surface area contributed by atoms with Gasteiger partial charge in [-0.15, -0.1) is 0 Å². The van der Waals surface area contributed by atoms with E-state index in [0.29, 0.717) is 6.04 Å². The van der Waals surface area contributed by atoms with Crippen LogP contribution in [0.3, 0.4) is 0 Å². The number of hydrogen-bond donors (Lipinski definition) is 2. The Bertz CT molecular complexity index is 79.0. The first-order valence-corrected chi connectivity index (χ1v) is 4.00. The summed E-state index contributed by atoms with van der Waals surface area (Å²) in [7, 11) is 0. The average molecular weight is 147 g/mol. The second-order valence-electron chi connectivity index (χ2n) is 3.34. The van der Waals surface area contributed by atoms with Gasteiger partial charge in [0.15, 0.2) is 0 Å². The van der Waals surface area contributed by atoms with Crippen LogP contribution >= 0.6 is 12.6 Å². The third-order valence-corrected chi connectivity index (χ3v) is 1.87. The van der Waals surface area contributed by atoms with Gasteiger partial charge in [0.2, 0.25) is 0 Å². The predicted octanol–water partition coefficient (Wildman–Crippen LogP) is 1.69. The fourth-order valence-corrected chi connectivity index (χ4v) is 0.918. The Morgan fingerprint density at radius 1 is 1.44 bits per heavy atom. The summed E-state index contributed by atoms with van der Waals surface area (Å²) in [6, 6.07) is 0.548. The summed E-state index contributed by atoms with van der Waals surface area (Å²) >= 11 is 4.21. The summed E-state index contributed by atoms with van der Waals surface area (Å²) < 4.78 is 0. The molecule has 2 heteroatoms. The van der Waals surface area contributed by atoms with Crippen molar-refractivity contribution in [1.29, 1.82) is 0 Å². The van der Waals surface area contributed by atoms with Crippen LogP contribution in [0.15, 0.2) is 0 Å². The third kappa shape index (κ3) is 4.79. The summed E-state index contributed by atoms with van der Waals surface area (Å²) in [5, 5.41) is 3.39. The molecule has 0 aromatic carbocycles. The van der Waals surface area contributed by atoms with Crippen molar-refractivity contribution in [3.05, 3.63) is 0 Å². The molecule has 0 bridgehead atoms. The molecular weight excluding hydrogens is 130 g/mol. The van der Waals surface area contributed by atoms with E-state index in [9.17, 15) is 0 Å². The molecule has 0 heterocycles. The normalized spacial score (nSPS) is 12.7. The van der Waals surface area contributed by atoms with Gasteiger partial charge in [0.05, 0.1) is 0 Å². The molecular formula is C7H17NS. The standard InChI is InChI=1S/C7H17NS/c1-6(2)8-7(3,4)5-9/h6,8-9H,5H2,1-4H3. The van der Waals surface area contributed by atoms with Crippen LogP contribution in [0.25, 0.3) is 0 Å². The topological polar surface area (TPSA) is 12.0 Å². The van der Waals surface area contributed by atoms with Crippen molar-refractivity contribution in [1.82, 2.24) is 5.32 Å². The molecule has 0 aliphatic heterocycles. The highest BCUT2D eigenvalue weighted by Gasteiger charge is 2.14. The maximum atomic E-state index is 4.21. The molecule has 0 aromatic heterocycles. The van der Waals surface area contributed by atoms with Gasteiger partial charge in [0.1, 0.15) is 0 Å². The Balaban J connectivity index is 3.58. The monoisotopic (exact) mass is 147 g/mol. The first-order chi connectivity index (χ1) is 3.98. The van der Waals surface area contributed by atoms with Gasteiger partial charge in [-0.25, -0.2) is 0 Å². The van der Waals surface area contributed by atoms with Crippen molar-refractivity contribution in [2.24, 2.45) is 0 Å². The minimum absolute atomic E-state index is 0.178. The SMILES string of the molecule is CC(C)NC(C)(C)CS. The van der Waals surface area contributed by atoms with E-state index in [4.69, 9.17) is 0 Å². The van der Waals surface area contributed by atoms with Crippen LogP contribution in [0, 0.1) is 0 Å². The van der Waals surface area contributed by atoms with Crippen molar-refractivity contribution in [3.63, 3.8) is 0 Å². The van der Waals surface area contributed by atoms with E-state index in [1.807, 2.05) is 0 Å². The van der Waals surface area contributed by atoms with Crippen LogP contribution in [0.5, 0.6) is 0 Å². The first kappa shape index (κ1) is 9.31. The zero-order valence-electron chi connectivity index (χ0n) is 6.73. The number of thiol groups is 1. The molecule has 0 aromatic rings. The van der Waals surface area contributed by atoms with Crippen molar-refractivity contribution >= 4 is 12.6 Å². The van der Waals surface area contributed by atoms with E-state index in [2.05, 4.69) is 45.6 Å². The molecule has 0 rings (SSSR count). The average Bonchev–Trinajstić information content (AvgIpc) is 1.63. The van der Waals surface area contributed by atoms with Gasteiger partial charge in [0.25, 0.3) is 0 Å². The van der Waals surface area contributed by atoms with Crippen LogP contribution in [0.4, 0.5) is 0 Å². The highest BCUT2D eigenvalue weighted by molar-refractivity contribution is 7.80. The maximum absolute atomic E-state index is 4.21. The van der Waals surface area contributed by atoms with E-state index in [1.165, 1.54) is 0 Å². The molecule has 9 heavy (non-hydrogen) atoms. The van der Waals surface area contributed by atoms with Crippen LogP contribution in [-0.2, 0) is 0 Å². The fraction of sp³-hybridized carbons (Fsp3) is 1.00. The van der Waals surface area contributed by atoms with Crippen LogP contribution in [0.2, 0.25) is 0 Å². The van der Waals surface area contributed by atoms with Crippen LogP contribution in [-0.4, -0.2) is 17.3 Å². The molecule has 0 fully saturated rings. The van der Waals surface area contributed by atoms with E-state index in [-0.39, 0.29) is 5.54 Å². The fourth-order valence-electron chi connectivity index (χ4n) is 0.827. The molecule has 0 amide bonds. The van der Waals surface area contributed by atoms with E-state index < -0.39 is 0 Å². The summed E-state index contributed by atoms with van der Waals surface area (Å²) in [6.45, 7) is 8.59. The molecule has 0 saturated heterocycles. The van der Waals surface area contributed by atoms with E-state index >= 15 is 0 Å². The van der Waals surface area contributed by atoms with Crippen molar-refractivity contribution in [3.8, 4) is 0 Å². The molecule has 0 saturated carbocycles. The summed E-state index contributed by atoms with van der Waals surface area (Å²) in [5.74, 6) is 0.880. The van der Waals surface area contributed by atoms with Crippen LogP contribution in [0.1, 0.15) is 27.7 Å². The van der Waals surface area contributed by atoms with Crippen molar-refractivity contribution < 1.29 is 0 Å². The minimum Gasteiger partial charge on any atom is -0.309 e. The largest absolute Gasteiger partial charge is 0.309 e. The van der Waals surface area contributed by atoms with Crippen molar-refractivity contribution in [2.45, 2.75) is 39.3 Å². The molecule has 56 valence electrons. The van der Waals surface area contributed by atoms with Gasteiger partial charge < -0.3 is 5.32 Å². The molecule has 0 spiro atoms. The molecule has 0 unspecified atom stereocenters. The lowest BCUT2D eigenvalue weighted by atomic mass is 10.1. The molecule has 0 aliphatic carbocycles. The summed E-state index contributed by atoms with van der Waals surface area (Å²) in [6.07, 6.45) is 0. The van der Waals surface area contributed by atoms with Crippen LogP contribution < -0.4 is 5.32 Å². The lowest BCUT2D eigenvalue weighted by Gasteiger charge is -2.26. The highest BCUT2D eigenvalue weighted by Crippen LogP contribution is 2.04. The van der Waals surface area contributed by atoms with Gasteiger partial charge >= 0.3 is 0 Å². The highest BCUT2D eigenvalue weighted by atomic mass is 32.1. The second kappa shape index (κ2) is 3.47. The predicted molar refractivity (Wildman–Crippen MR) is 46.2 cm³/mol. The maximum Gasteiger partial charge on any atom is 0.0215 e. The quantitative estimate of drug-likeness (QED) is 0.579. The van der Waals surface area contributed by atoms with Gasteiger partial charge in [-0.3, -0.25) is 0 Å². The Morgan fingerprint density at radius 3 is 2.00 bits per heavy atom.